The molecule has 1 aromatic heterocycles. The van der Waals surface area contributed by atoms with E-state index in [0.29, 0.717) is 6.54 Å². The van der Waals surface area contributed by atoms with Crippen molar-refractivity contribution in [1.29, 1.82) is 0 Å². The van der Waals surface area contributed by atoms with E-state index in [1.807, 2.05) is 6.07 Å². The standard InChI is InChI=1S/C6H6N2O/c1-2-9-6-3-7-4-8-5(1)6/h1-2,4H,3H2,(H,7,8). The first-order valence-corrected chi connectivity index (χ1v) is 2.78. The third-order valence-electron chi connectivity index (χ3n) is 1.29. The van der Waals surface area contributed by atoms with Crippen LogP contribution in [0.4, 0.5) is 5.69 Å². The maximum absolute atomic E-state index is 5.08. The van der Waals surface area contributed by atoms with E-state index in [2.05, 4.69) is 10.3 Å². The van der Waals surface area contributed by atoms with E-state index >= 15 is 0 Å². The molecule has 1 aliphatic rings. The van der Waals surface area contributed by atoms with Crippen LogP contribution in [0, 0.1) is 0 Å². The average molecular weight is 122 g/mol. The minimum Gasteiger partial charge on any atom is -0.465 e. The quantitative estimate of drug-likeness (QED) is 0.562. The van der Waals surface area contributed by atoms with Crippen molar-refractivity contribution in [2.45, 2.75) is 6.54 Å². The fraction of sp³-hybridized carbons (Fsp3) is 0.167. The summed E-state index contributed by atoms with van der Waals surface area (Å²) in [6, 6.07) is 1.89. The highest BCUT2D eigenvalue weighted by Crippen LogP contribution is 2.18. The molecule has 3 heteroatoms. The Labute approximate surface area is 52.4 Å². The number of hydrogen-bond donors (Lipinski definition) is 1. The molecule has 0 bridgehead atoms. The number of furan rings is 1. The van der Waals surface area contributed by atoms with Crippen molar-refractivity contribution in [3.05, 3.63) is 18.1 Å². The van der Waals surface area contributed by atoms with Gasteiger partial charge in [-0.1, -0.05) is 0 Å². The first-order chi connectivity index (χ1) is 4.47. The second kappa shape index (κ2) is 1.62. The summed E-state index contributed by atoms with van der Waals surface area (Å²) in [4.78, 5) is 3.96. The monoisotopic (exact) mass is 122 g/mol. The van der Waals surface area contributed by atoms with Crippen LogP contribution in [0.3, 0.4) is 0 Å². The van der Waals surface area contributed by atoms with Crippen LogP contribution in [0.25, 0.3) is 0 Å². The number of hydrogen-bond acceptors (Lipinski definition) is 3. The van der Waals surface area contributed by atoms with Crippen molar-refractivity contribution < 1.29 is 4.42 Å². The van der Waals surface area contributed by atoms with E-state index in [0.717, 1.165) is 11.4 Å². The molecule has 1 N–H and O–H groups in total. The lowest BCUT2D eigenvalue weighted by Crippen LogP contribution is -2.01. The van der Waals surface area contributed by atoms with Gasteiger partial charge in [0.1, 0.15) is 12.3 Å². The first-order valence-electron chi connectivity index (χ1n) is 2.78. The van der Waals surface area contributed by atoms with Gasteiger partial charge in [0, 0.05) is 6.07 Å². The van der Waals surface area contributed by atoms with Crippen LogP contribution in [0.5, 0.6) is 0 Å². The van der Waals surface area contributed by atoms with Gasteiger partial charge in [-0.3, -0.25) is 4.99 Å². The smallest absolute Gasteiger partial charge is 0.148 e. The molecule has 0 aromatic carbocycles. The Morgan fingerprint density at radius 2 is 2.67 bits per heavy atom. The summed E-state index contributed by atoms with van der Waals surface area (Å²) in [6.45, 7) is 0.662. The van der Waals surface area contributed by atoms with Crippen LogP contribution in [0.15, 0.2) is 21.7 Å². The van der Waals surface area contributed by atoms with Crippen molar-refractivity contribution in [2.24, 2.45) is 4.99 Å². The molecule has 46 valence electrons. The molecule has 0 aliphatic carbocycles. The van der Waals surface area contributed by atoms with E-state index < -0.39 is 0 Å². The zero-order chi connectivity index (χ0) is 6.10. The summed E-state index contributed by atoms with van der Waals surface area (Å²) in [6.07, 6.45) is 3.34. The summed E-state index contributed by atoms with van der Waals surface area (Å²) < 4.78 is 5.08. The molecule has 3 nitrogen and oxygen atoms in total. The van der Waals surface area contributed by atoms with Crippen LogP contribution in [0.1, 0.15) is 5.76 Å². The van der Waals surface area contributed by atoms with Gasteiger partial charge in [0.2, 0.25) is 0 Å². The number of nitrogens with one attached hydrogen (secondary N) is 1. The van der Waals surface area contributed by atoms with Gasteiger partial charge >= 0.3 is 0 Å². The molecule has 0 saturated heterocycles. The normalized spacial score (nSPS) is 14.7. The highest BCUT2D eigenvalue weighted by atomic mass is 16.3. The van der Waals surface area contributed by atoms with Gasteiger partial charge in [0.05, 0.1) is 18.3 Å². The molecule has 0 unspecified atom stereocenters. The zero-order valence-corrected chi connectivity index (χ0v) is 4.79. The molecule has 0 radical (unpaired) electrons. The molecule has 0 amide bonds. The van der Waals surface area contributed by atoms with Gasteiger partial charge in [-0.25, -0.2) is 0 Å². The molecule has 2 rings (SSSR count). The molecule has 1 aliphatic heterocycles. The minimum atomic E-state index is 0.662. The van der Waals surface area contributed by atoms with Gasteiger partial charge in [0.25, 0.3) is 0 Å². The minimum absolute atomic E-state index is 0.662. The van der Waals surface area contributed by atoms with Gasteiger partial charge in [0.15, 0.2) is 0 Å². The Morgan fingerprint density at radius 1 is 1.67 bits per heavy atom. The molecule has 0 spiro atoms. The predicted octanol–water partition coefficient (Wildman–Crippen LogP) is 1.23. The molecule has 0 fully saturated rings. The Morgan fingerprint density at radius 3 is 3.56 bits per heavy atom. The maximum Gasteiger partial charge on any atom is 0.148 e. The third-order valence-corrected chi connectivity index (χ3v) is 1.29. The van der Waals surface area contributed by atoms with E-state index in [9.17, 15) is 0 Å². The lowest BCUT2D eigenvalue weighted by atomic mass is 10.3. The van der Waals surface area contributed by atoms with Crippen molar-refractivity contribution in [2.75, 3.05) is 5.32 Å². The topological polar surface area (TPSA) is 37.5 Å². The Bertz CT molecular complexity index is 216. The van der Waals surface area contributed by atoms with E-state index in [1.54, 1.807) is 12.6 Å². The van der Waals surface area contributed by atoms with Crippen LogP contribution >= 0.6 is 0 Å². The molecule has 1 aromatic rings. The molecule has 2 heterocycles. The average Bonchev–Trinajstić information content (AvgIpc) is 2.33. The Hall–Kier alpha value is -1.25. The van der Waals surface area contributed by atoms with Gasteiger partial charge in [-0.15, -0.1) is 0 Å². The summed E-state index contributed by atoms with van der Waals surface area (Å²) >= 11 is 0. The van der Waals surface area contributed by atoms with Gasteiger partial charge < -0.3 is 9.73 Å². The van der Waals surface area contributed by atoms with Crippen molar-refractivity contribution in [3.8, 4) is 0 Å². The second-order valence-electron chi connectivity index (χ2n) is 1.87. The summed E-state index contributed by atoms with van der Waals surface area (Å²) in [5.74, 6) is 0.914. The van der Waals surface area contributed by atoms with Crippen LogP contribution in [-0.4, -0.2) is 6.34 Å². The van der Waals surface area contributed by atoms with E-state index in [1.165, 1.54) is 0 Å². The predicted molar refractivity (Wildman–Crippen MR) is 34.5 cm³/mol. The van der Waals surface area contributed by atoms with Crippen molar-refractivity contribution in [3.63, 3.8) is 0 Å². The number of fused-ring (bicyclic) bond motifs is 1. The first kappa shape index (κ1) is 4.61. The number of aliphatic imine (C=N–C) groups is 1. The van der Waals surface area contributed by atoms with Gasteiger partial charge in [-0.05, 0) is 0 Å². The lowest BCUT2D eigenvalue weighted by molar-refractivity contribution is 0.513. The van der Waals surface area contributed by atoms with E-state index in [-0.39, 0.29) is 0 Å². The molecular weight excluding hydrogens is 116 g/mol. The van der Waals surface area contributed by atoms with Crippen LogP contribution in [0.2, 0.25) is 0 Å². The highest BCUT2D eigenvalue weighted by Gasteiger charge is 2.05. The summed E-state index contributed by atoms with van der Waals surface area (Å²) in [5, 5.41) is 2.96. The molecule has 0 saturated carbocycles. The van der Waals surface area contributed by atoms with Gasteiger partial charge in [-0.2, -0.15) is 0 Å². The number of anilines is 1. The number of nitrogens with zero attached hydrogens (tertiary/aromatic N) is 1. The van der Waals surface area contributed by atoms with Crippen LogP contribution in [-0.2, 0) is 6.54 Å². The van der Waals surface area contributed by atoms with Crippen LogP contribution < -0.4 is 5.32 Å². The lowest BCUT2D eigenvalue weighted by Gasteiger charge is -2.02. The summed E-state index contributed by atoms with van der Waals surface area (Å²) in [5.41, 5.74) is 1.03. The fourth-order valence-corrected chi connectivity index (χ4v) is 0.835. The Kier molecular flexibility index (Phi) is 0.828. The largest absolute Gasteiger partial charge is 0.465 e. The number of rotatable bonds is 0. The highest BCUT2D eigenvalue weighted by molar-refractivity contribution is 5.78. The zero-order valence-electron chi connectivity index (χ0n) is 4.79. The molecule has 0 atom stereocenters. The third kappa shape index (κ3) is 0.614. The SMILES string of the molecule is C1=NCc2occc2N1. The molecule has 9 heavy (non-hydrogen) atoms. The fourth-order valence-electron chi connectivity index (χ4n) is 0.835. The maximum atomic E-state index is 5.08. The van der Waals surface area contributed by atoms with E-state index in [4.69, 9.17) is 4.42 Å². The summed E-state index contributed by atoms with van der Waals surface area (Å²) in [7, 11) is 0. The van der Waals surface area contributed by atoms with Crippen molar-refractivity contribution >= 4 is 12.0 Å². The Balaban J connectivity index is 2.46. The molecular formula is C6H6N2O. The second-order valence-corrected chi connectivity index (χ2v) is 1.87. The van der Waals surface area contributed by atoms with Crippen molar-refractivity contribution in [1.82, 2.24) is 0 Å².